The van der Waals surface area contributed by atoms with E-state index in [1.54, 1.807) is 6.07 Å². The molecule has 1 aromatic carbocycles. The molecular weight excluding hydrogens is 246 g/mol. The van der Waals surface area contributed by atoms with Gasteiger partial charge in [-0.3, -0.25) is 10.1 Å². The van der Waals surface area contributed by atoms with E-state index in [1.807, 2.05) is 0 Å². The molecule has 6 heteroatoms. The van der Waals surface area contributed by atoms with Gasteiger partial charge in [-0.15, -0.1) is 0 Å². The average Bonchev–Trinajstić information content (AvgIpc) is 3.17. The molecule has 0 spiro atoms. The van der Waals surface area contributed by atoms with Gasteiger partial charge < -0.3 is 15.8 Å². The zero-order valence-corrected chi connectivity index (χ0v) is 10.8. The summed E-state index contributed by atoms with van der Waals surface area (Å²) in [6.45, 7) is 2.29. The number of nitrogen functional groups attached to an aromatic ring is 1. The lowest BCUT2D eigenvalue weighted by atomic mass is 10.2. The molecule has 0 aromatic heterocycles. The van der Waals surface area contributed by atoms with Gasteiger partial charge in [0.2, 0.25) is 0 Å². The first kappa shape index (κ1) is 13.6. The summed E-state index contributed by atoms with van der Waals surface area (Å²) < 4.78 is 5.51. The molecular formula is C13H19N3O3. The lowest BCUT2D eigenvalue weighted by Crippen LogP contribution is -2.07. The molecule has 1 fully saturated rings. The summed E-state index contributed by atoms with van der Waals surface area (Å²) in [5, 5.41) is 13.8. The molecule has 6 nitrogen and oxygen atoms in total. The fraction of sp³-hybridized carbons (Fsp3) is 0.538. The second-order valence-electron chi connectivity index (χ2n) is 4.87. The summed E-state index contributed by atoms with van der Waals surface area (Å²) in [4.78, 5) is 10.2. The molecule has 0 bridgehead atoms. The van der Waals surface area contributed by atoms with Crippen LogP contribution in [0.1, 0.15) is 19.3 Å². The molecule has 1 aliphatic rings. The van der Waals surface area contributed by atoms with E-state index in [1.165, 1.54) is 25.0 Å². The van der Waals surface area contributed by atoms with Crippen molar-refractivity contribution in [2.45, 2.75) is 19.3 Å². The summed E-state index contributed by atoms with van der Waals surface area (Å²) in [5.41, 5.74) is 6.69. The Labute approximate surface area is 112 Å². The maximum atomic E-state index is 10.7. The number of nitro groups is 1. The SMILES string of the molecule is Nc1cc(NCCCOCC2CC2)cc([N+](=O)[O-])c1. The Hall–Kier alpha value is -1.82. The van der Waals surface area contributed by atoms with Crippen LogP contribution in [0.4, 0.5) is 17.1 Å². The first-order valence-corrected chi connectivity index (χ1v) is 6.52. The van der Waals surface area contributed by atoms with Crippen LogP contribution in [0.2, 0.25) is 0 Å². The minimum atomic E-state index is -0.444. The topological polar surface area (TPSA) is 90.4 Å². The zero-order chi connectivity index (χ0) is 13.7. The molecule has 3 N–H and O–H groups in total. The van der Waals surface area contributed by atoms with Gasteiger partial charge in [0.1, 0.15) is 0 Å². The third-order valence-electron chi connectivity index (χ3n) is 3.00. The highest BCUT2D eigenvalue weighted by Crippen LogP contribution is 2.28. The predicted molar refractivity (Wildman–Crippen MR) is 74.2 cm³/mol. The van der Waals surface area contributed by atoms with Gasteiger partial charge in [0.15, 0.2) is 0 Å². The molecule has 1 aromatic rings. The molecule has 0 amide bonds. The van der Waals surface area contributed by atoms with Gasteiger partial charge in [-0.25, -0.2) is 0 Å². The first-order valence-electron chi connectivity index (χ1n) is 6.52. The van der Waals surface area contributed by atoms with Crippen LogP contribution in [-0.4, -0.2) is 24.7 Å². The number of nitrogens with zero attached hydrogens (tertiary/aromatic N) is 1. The number of anilines is 2. The molecule has 0 heterocycles. The van der Waals surface area contributed by atoms with Crippen LogP contribution in [0.3, 0.4) is 0 Å². The van der Waals surface area contributed by atoms with E-state index in [-0.39, 0.29) is 5.69 Å². The lowest BCUT2D eigenvalue weighted by Gasteiger charge is -2.07. The highest BCUT2D eigenvalue weighted by atomic mass is 16.6. The summed E-state index contributed by atoms with van der Waals surface area (Å²) in [6.07, 6.45) is 3.46. The van der Waals surface area contributed by atoms with E-state index in [9.17, 15) is 10.1 Å². The molecule has 0 radical (unpaired) electrons. The zero-order valence-electron chi connectivity index (χ0n) is 10.8. The molecule has 19 heavy (non-hydrogen) atoms. The van der Waals surface area contributed by atoms with Crippen molar-refractivity contribution >= 4 is 17.1 Å². The number of benzene rings is 1. The van der Waals surface area contributed by atoms with Crippen molar-refractivity contribution in [3.05, 3.63) is 28.3 Å². The Kier molecular flexibility index (Phi) is 4.57. The molecule has 1 aliphatic carbocycles. The predicted octanol–water partition coefficient (Wildman–Crippen LogP) is 2.41. The molecule has 0 atom stereocenters. The van der Waals surface area contributed by atoms with Gasteiger partial charge in [0, 0.05) is 43.3 Å². The van der Waals surface area contributed by atoms with Crippen LogP contribution in [-0.2, 0) is 4.74 Å². The number of non-ortho nitro benzene ring substituents is 1. The van der Waals surface area contributed by atoms with Crippen molar-refractivity contribution < 1.29 is 9.66 Å². The third-order valence-corrected chi connectivity index (χ3v) is 3.00. The van der Waals surface area contributed by atoms with E-state index >= 15 is 0 Å². The van der Waals surface area contributed by atoms with Crippen molar-refractivity contribution in [2.75, 3.05) is 30.8 Å². The average molecular weight is 265 g/mol. The smallest absolute Gasteiger partial charge is 0.273 e. The maximum absolute atomic E-state index is 10.7. The van der Waals surface area contributed by atoms with Crippen molar-refractivity contribution in [2.24, 2.45) is 5.92 Å². The molecule has 104 valence electrons. The highest BCUT2D eigenvalue weighted by molar-refractivity contribution is 5.61. The number of hydrogen-bond acceptors (Lipinski definition) is 5. The van der Waals surface area contributed by atoms with E-state index in [2.05, 4.69) is 5.32 Å². The van der Waals surface area contributed by atoms with E-state index in [0.29, 0.717) is 24.5 Å². The lowest BCUT2D eigenvalue weighted by molar-refractivity contribution is -0.384. The summed E-state index contributed by atoms with van der Waals surface area (Å²) in [7, 11) is 0. The van der Waals surface area contributed by atoms with Gasteiger partial charge in [0.25, 0.3) is 5.69 Å². The summed E-state index contributed by atoms with van der Waals surface area (Å²) in [6, 6.07) is 4.53. The number of nitrogens with one attached hydrogen (secondary N) is 1. The molecule has 0 saturated heterocycles. The van der Waals surface area contributed by atoms with Crippen LogP contribution in [0.5, 0.6) is 0 Å². The van der Waals surface area contributed by atoms with Gasteiger partial charge in [-0.1, -0.05) is 0 Å². The number of rotatable bonds is 8. The fourth-order valence-corrected chi connectivity index (χ4v) is 1.78. The molecule has 0 aliphatic heterocycles. The van der Waals surface area contributed by atoms with E-state index in [4.69, 9.17) is 10.5 Å². The van der Waals surface area contributed by atoms with Crippen molar-refractivity contribution in [1.29, 1.82) is 0 Å². The number of ether oxygens (including phenoxy) is 1. The quantitative estimate of drug-likeness (QED) is 0.326. The van der Waals surface area contributed by atoms with Crippen LogP contribution in [0.25, 0.3) is 0 Å². The Bertz CT molecular complexity index is 447. The van der Waals surface area contributed by atoms with Crippen LogP contribution < -0.4 is 11.1 Å². The largest absolute Gasteiger partial charge is 0.398 e. The van der Waals surface area contributed by atoms with Crippen molar-refractivity contribution in [3.63, 3.8) is 0 Å². The first-order chi connectivity index (χ1) is 9.15. The van der Waals surface area contributed by atoms with Gasteiger partial charge >= 0.3 is 0 Å². The van der Waals surface area contributed by atoms with Gasteiger partial charge in [0.05, 0.1) is 4.92 Å². The Morgan fingerprint density at radius 2 is 2.21 bits per heavy atom. The number of nitro benzene ring substituents is 1. The van der Waals surface area contributed by atoms with Gasteiger partial charge in [-0.2, -0.15) is 0 Å². The fourth-order valence-electron chi connectivity index (χ4n) is 1.78. The van der Waals surface area contributed by atoms with Crippen LogP contribution in [0.15, 0.2) is 18.2 Å². The Morgan fingerprint density at radius 3 is 2.89 bits per heavy atom. The Balaban J connectivity index is 1.70. The second-order valence-corrected chi connectivity index (χ2v) is 4.87. The number of nitrogens with two attached hydrogens (primary N) is 1. The maximum Gasteiger partial charge on any atom is 0.273 e. The summed E-state index contributed by atoms with van der Waals surface area (Å²) in [5.74, 6) is 0.782. The van der Waals surface area contributed by atoms with Gasteiger partial charge in [-0.05, 0) is 31.2 Å². The van der Waals surface area contributed by atoms with E-state index in [0.717, 1.165) is 18.9 Å². The molecule has 0 unspecified atom stereocenters. The second kappa shape index (κ2) is 6.38. The Morgan fingerprint density at radius 1 is 1.42 bits per heavy atom. The van der Waals surface area contributed by atoms with Crippen molar-refractivity contribution in [1.82, 2.24) is 0 Å². The minimum absolute atomic E-state index is 0.00693. The minimum Gasteiger partial charge on any atom is -0.398 e. The van der Waals surface area contributed by atoms with E-state index < -0.39 is 4.92 Å². The van der Waals surface area contributed by atoms with Crippen LogP contribution in [0, 0.1) is 16.0 Å². The third kappa shape index (κ3) is 4.75. The standard InChI is InChI=1S/C13H19N3O3/c14-11-6-12(8-13(7-11)16(17)18)15-4-1-5-19-9-10-2-3-10/h6-8,10,15H,1-5,9,14H2. The normalized spacial score (nSPS) is 14.3. The van der Waals surface area contributed by atoms with Crippen molar-refractivity contribution in [3.8, 4) is 0 Å². The summed E-state index contributed by atoms with van der Waals surface area (Å²) >= 11 is 0. The van der Waals surface area contributed by atoms with Crippen LogP contribution >= 0.6 is 0 Å². The monoisotopic (exact) mass is 265 g/mol. The highest BCUT2D eigenvalue weighted by Gasteiger charge is 2.20. The number of hydrogen-bond donors (Lipinski definition) is 2. The molecule has 2 rings (SSSR count). The molecule has 1 saturated carbocycles.